The van der Waals surface area contributed by atoms with Crippen molar-refractivity contribution in [3.8, 4) is 11.8 Å². The molecule has 8 nitrogen and oxygen atoms in total. The maximum absolute atomic E-state index is 10.6. The van der Waals surface area contributed by atoms with Crippen molar-refractivity contribution in [3.05, 3.63) is 48.4 Å². The molecule has 31 heavy (non-hydrogen) atoms. The number of carbonyl (C=O) groups is 1. The first-order valence-electron chi connectivity index (χ1n) is 9.33. The molecule has 164 valence electrons. The minimum Gasteiger partial charge on any atom is -0.493 e. The van der Waals surface area contributed by atoms with Gasteiger partial charge in [0, 0.05) is 37.3 Å². The molecule has 0 saturated carbocycles. The second-order valence-electron chi connectivity index (χ2n) is 7.02. The van der Waals surface area contributed by atoms with Gasteiger partial charge in [0.1, 0.15) is 11.6 Å². The van der Waals surface area contributed by atoms with E-state index in [1.807, 2.05) is 12.1 Å². The number of anilines is 1. The molecule has 2 aromatic rings. The van der Waals surface area contributed by atoms with Crippen molar-refractivity contribution in [1.29, 1.82) is 5.26 Å². The Kier molecular flexibility index (Phi) is 6.91. The summed E-state index contributed by atoms with van der Waals surface area (Å²) in [6.07, 6.45) is 0.335. The van der Waals surface area contributed by atoms with Crippen molar-refractivity contribution in [2.45, 2.75) is 12.3 Å². The molecule has 3 heterocycles. The van der Waals surface area contributed by atoms with Crippen LogP contribution in [0.5, 0.6) is 5.75 Å². The number of aromatic nitrogens is 2. The summed E-state index contributed by atoms with van der Waals surface area (Å²) in [7, 11) is 0. The van der Waals surface area contributed by atoms with Crippen LogP contribution < -0.4 is 9.64 Å². The highest BCUT2D eigenvalue weighted by Crippen LogP contribution is 2.35. The number of fused-ring (bicyclic) bond motifs is 1. The molecule has 1 aromatic heterocycles. The quantitative estimate of drug-likeness (QED) is 0.779. The number of benzene rings is 1. The average Bonchev–Trinajstić information content (AvgIpc) is 3.34. The van der Waals surface area contributed by atoms with Gasteiger partial charge < -0.3 is 19.5 Å². The van der Waals surface area contributed by atoms with E-state index in [1.54, 1.807) is 30.7 Å². The minimum atomic E-state index is -5.08. The zero-order chi connectivity index (χ0) is 22.4. The van der Waals surface area contributed by atoms with Gasteiger partial charge in [-0.25, -0.2) is 9.78 Å². The van der Waals surface area contributed by atoms with Crippen LogP contribution in [-0.4, -0.2) is 59.6 Å². The zero-order valence-corrected chi connectivity index (χ0v) is 16.2. The lowest BCUT2D eigenvalue weighted by Crippen LogP contribution is -2.27. The first-order valence-corrected chi connectivity index (χ1v) is 9.33. The van der Waals surface area contributed by atoms with Crippen LogP contribution in [0.4, 0.5) is 19.0 Å². The number of hydrogen-bond donors (Lipinski definition) is 1. The predicted molar refractivity (Wildman–Crippen MR) is 101 cm³/mol. The lowest BCUT2D eigenvalue weighted by atomic mass is 9.94. The number of alkyl halides is 3. The van der Waals surface area contributed by atoms with Gasteiger partial charge in [-0.05, 0) is 18.2 Å². The van der Waals surface area contributed by atoms with Gasteiger partial charge >= 0.3 is 12.1 Å². The summed E-state index contributed by atoms with van der Waals surface area (Å²) >= 11 is 0. The number of nitriles is 1. The predicted octanol–water partition coefficient (Wildman–Crippen LogP) is 2.51. The van der Waals surface area contributed by atoms with E-state index in [4.69, 9.17) is 24.6 Å². The third-order valence-electron chi connectivity index (χ3n) is 4.98. The van der Waals surface area contributed by atoms with E-state index in [0.717, 1.165) is 31.3 Å². The summed E-state index contributed by atoms with van der Waals surface area (Å²) in [5, 5.41) is 16.1. The molecule has 2 aliphatic rings. The summed E-state index contributed by atoms with van der Waals surface area (Å²) in [5.41, 5.74) is 0.614. The molecule has 2 aliphatic heterocycles. The molecule has 2 fully saturated rings. The number of halogens is 3. The lowest BCUT2D eigenvalue weighted by Gasteiger charge is -2.20. The fourth-order valence-electron chi connectivity index (χ4n) is 3.47. The van der Waals surface area contributed by atoms with Crippen molar-refractivity contribution < 1.29 is 32.5 Å². The third kappa shape index (κ3) is 5.82. The number of ether oxygens (including phenoxy) is 2. The van der Waals surface area contributed by atoms with Crippen LogP contribution in [0.25, 0.3) is 0 Å². The van der Waals surface area contributed by atoms with E-state index < -0.39 is 12.1 Å². The van der Waals surface area contributed by atoms with Gasteiger partial charge in [-0.3, -0.25) is 4.98 Å². The number of carboxylic acid groups (broad SMARTS) is 1. The topological polar surface area (TPSA) is 109 Å². The van der Waals surface area contributed by atoms with Crippen molar-refractivity contribution in [2.24, 2.45) is 11.8 Å². The number of carboxylic acids is 1. The van der Waals surface area contributed by atoms with Gasteiger partial charge in [0.2, 0.25) is 0 Å². The van der Waals surface area contributed by atoms with E-state index in [9.17, 15) is 13.2 Å². The Hall–Kier alpha value is -3.39. The Morgan fingerprint density at radius 3 is 2.77 bits per heavy atom. The summed E-state index contributed by atoms with van der Waals surface area (Å²) in [5.74, 6) is -0.334. The SMILES string of the molecule is N#Cc1cccc(OC[C@@H]2CO[C@@H]3CN(c4cnccn4)C[C@H]23)c1.O=C(O)C(F)(F)F. The Morgan fingerprint density at radius 1 is 1.35 bits per heavy atom. The summed E-state index contributed by atoms with van der Waals surface area (Å²) in [4.78, 5) is 19.6. The second kappa shape index (κ2) is 9.61. The molecule has 4 rings (SSSR count). The Bertz CT molecular complexity index is 936. The molecule has 11 heteroatoms. The third-order valence-corrected chi connectivity index (χ3v) is 4.98. The monoisotopic (exact) mass is 436 g/mol. The molecule has 0 bridgehead atoms. The highest BCUT2D eigenvalue weighted by molar-refractivity contribution is 5.73. The smallest absolute Gasteiger partial charge is 0.490 e. The first kappa shape index (κ1) is 22.3. The molecule has 0 amide bonds. The number of hydrogen-bond acceptors (Lipinski definition) is 7. The van der Waals surface area contributed by atoms with Crippen molar-refractivity contribution >= 4 is 11.8 Å². The van der Waals surface area contributed by atoms with E-state index in [0.29, 0.717) is 24.0 Å². The van der Waals surface area contributed by atoms with Crippen molar-refractivity contribution in [1.82, 2.24) is 9.97 Å². The Labute approximate surface area is 175 Å². The van der Waals surface area contributed by atoms with E-state index in [1.165, 1.54) is 0 Å². The van der Waals surface area contributed by atoms with Crippen LogP contribution in [0.15, 0.2) is 42.9 Å². The van der Waals surface area contributed by atoms with Gasteiger partial charge in [0.05, 0.1) is 37.1 Å². The maximum Gasteiger partial charge on any atom is 0.490 e. The molecule has 0 spiro atoms. The molecule has 1 N–H and O–H groups in total. The standard InChI is InChI=1S/C18H18N4O2.C2HF3O2/c19-7-13-2-1-3-15(6-13)23-11-14-12-24-17-10-22(9-16(14)17)18-8-20-4-5-21-18;3-2(4,5)1(6)7/h1-6,8,14,16-17H,9-12H2;(H,6,7)/t14-,16-,17-;/m1./s1. The second-order valence-corrected chi connectivity index (χ2v) is 7.02. The fourth-order valence-corrected chi connectivity index (χ4v) is 3.47. The molecule has 1 aromatic carbocycles. The van der Waals surface area contributed by atoms with Crippen LogP contribution in [0.1, 0.15) is 5.56 Å². The van der Waals surface area contributed by atoms with Crippen LogP contribution >= 0.6 is 0 Å². The normalized spacial score (nSPS) is 22.1. The summed E-state index contributed by atoms with van der Waals surface area (Å²) < 4.78 is 43.6. The largest absolute Gasteiger partial charge is 0.493 e. The minimum absolute atomic E-state index is 0.228. The molecule has 0 aliphatic carbocycles. The van der Waals surface area contributed by atoms with Gasteiger partial charge in [-0.1, -0.05) is 6.07 Å². The molecular weight excluding hydrogens is 417 g/mol. The van der Waals surface area contributed by atoms with Crippen LogP contribution in [0.2, 0.25) is 0 Å². The van der Waals surface area contributed by atoms with E-state index >= 15 is 0 Å². The van der Waals surface area contributed by atoms with E-state index in [-0.39, 0.29) is 6.10 Å². The molecule has 2 saturated heterocycles. The zero-order valence-electron chi connectivity index (χ0n) is 16.2. The first-order chi connectivity index (χ1) is 14.8. The highest BCUT2D eigenvalue weighted by Gasteiger charge is 2.44. The number of rotatable bonds is 4. The van der Waals surface area contributed by atoms with Crippen LogP contribution in [0, 0.1) is 23.2 Å². The van der Waals surface area contributed by atoms with Gasteiger partial charge in [-0.15, -0.1) is 0 Å². The number of nitrogens with zero attached hydrogens (tertiary/aromatic N) is 4. The Morgan fingerprint density at radius 2 is 2.13 bits per heavy atom. The van der Waals surface area contributed by atoms with Crippen molar-refractivity contribution in [3.63, 3.8) is 0 Å². The summed E-state index contributed by atoms with van der Waals surface area (Å²) in [6, 6.07) is 9.40. The van der Waals surface area contributed by atoms with Gasteiger partial charge in [0.25, 0.3) is 0 Å². The van der Waals surface area contributed by atoms with E-state index in [2.05, 4.69) is 20.9 Å². The van der Waals surface area contributed by atoms with Crippen LogP contribution in [-0.2, 0) is 9.53 Å². The molecular formula is C20H19F3N4O4. The van der Waals surface area contributed by atoms with Gasteiger partial charge in [-0.2, -0.15) is 18.4 Å². The molecule has 3 atom stereocenters. The number of aliphatic carboxylic acids is 1. The molecule has 0 unspecified atom stereocenters. The maximum atomic E-state index is 10.6. The lowest BCUT2D eigenvalue weighted by molar-refractivity contribution is -0.192. The highest BCUT2D eigenvalue weighted by atomic mass is 19.4. The average molecular weight is 436 g/mol. The van der Waals surface area contributed by atoms with Crippen molar-refractivity contribution in [2.75, 3.05) is 31.2 Å². The summed E-state index contributed by atoms with van der Waals surface area (Å²) in [6.45, 7) is 3.09. The van der Waals surface area contributed by atoms with Crippen LogP contribution in [0.3, 0.4) is 0 Å². The van der Waals surface area contributed by atoms with Gasteiger partial charge in [0.15, 0.2) is 0 Å². The Balaban J connectivity index is 0.000000339. The fraction of sp³-hybridized carbons (Fsp3) is 0.400. The molecule has 0 radical (unpaired) electrons.